The lowest BCUT2D eigenvalue weighted by Gasteiger charge is -1.98. The van der Waals surface area contributed by atoms with Crippen LogP contribution in [0.4, 0.5) is 4.39 Å². The van der Waals surface area contributed by atoms with E-state index in [0.29, 0.717) is 16.8 Å². The summed E-state index contributed by atoms with van der Waals surface area (Å²) in [5.74, 6) is -0.309. The molecule has 0 amide bonds. The molecule has 0 aliphatic carbocycles. The highest BCUT2D eigenvalue weighted by molar-refractivity contribution is 6.05. The Morgan fingerprint density at radius 3 is 2.95 bits per heavy atom. The lowest BCUT2D eigenvalue weighted by molar-refractivity contribution is 0.461. The quantitative estimate of drug-likeness (QED) is 0.565. The molecule has 0 aliphatic rings. The molecule has 4 rings (SSSR count). The van der Waals surface area contributed by atoms with Crippen molar-refractivity contribution in [1.29, 1.82) is 0 Å². The van der Waals surface area contributed by atoms with Gasteiger partial charge in [0.1, 0.15) is 11.5 Å². The zero-order valence-electron chi connectivity index (χ0n) is 11.2. The zero-order valence-corrected chi connectivity index (χ0v) is 11.2. The Kier molecular flexibility index (Phi) is 2.50. The lowest BCUT2D eigenvalue weighted by atomic mass is 10.1. The molecule has 4 aromatic rings. The smallest absolute Gasteiger partial charge is 0.181 e. The van der Waals surface area contributed by atoms with Crippen LogP contribution >= 0.6 is 0 Å². The zero-order chi connectivity index (χ0) is 14.4. The Morgan fingerprint density at radius 1 is 1.24 bits per heavy atom. The molecule has 0 saturated carbocycles. The van der Waals surface area contributed by atoms with Crippen molar-refractivity contribution in [2.45, 2.75) is 13.5 Å². The molecule has 0 aliphatic heterocycles. The van der Waals surface area contributed by atoms with Gasteiger partial charge in [-0.3, -0.25) is 0 Å². The van der Waals surface area contributed by atoms with E-state index in [0.717, 1.165) is 23.0 Å². The van der Waals surface area contributed by atoms with Gasteiger partial charge in [-0.05, 0) is 19.1 Å². The van der Waals surface area contributed by atoms with Gasteiger partial charge in [-0.2, -0.15) is 5.10 Å². The molecule has 3 heterocycles. The predicted molar refractivity (Wildman–Crippen MR) is 76.2 cm³/mol. The SMILES string of the molecule is CCn1ncc2c3onc(-c4cccc(F)c4)c3cnc21. The molecule has 0 N–H and O–H groups in total. The van der Waals surface area contributed by atoms with E-state index in [9.17, 15) is 4.39 Å². The van der Waals surface area contributed by atoms with E-state index in [2.05, 4.69) is 15.2 Å². The molecule has 1 aromatic carbocycles. The van der Waals surface area contributed by atoms with Crippen molar-refractivity contribution in [3.63, 3.8) is 0 Å². The van der Waals surface area contributed by atoms with Gasteiger partial charge in [0.15, 0.2) is 11.2 Å². The molecule has 0 atom stereocenters. The van der Waals surface area contributed by atoms with E-state index in [-0.39, 0.29) is 5.82 Å². The average molecular weight is 282 g/mol. The predicted octanol–water partition coefficient (Wildman–Crippen LogP) is 3.40. The summed E-state index contributed by atoms with van der Waals surface area (Å²) in [7, 11) is 0. The van der Waals surface area contributed by atoms with Crippen LogP contribution in [0.3, 0.4) is 0 Å². The van der Waals surface area contributed by atoms with Gasteiger partial charge in [-0.15, -0.1) is 0 Å². The Balaban J connectivity index is 2.01. The molecular weight excluding hydrogens is 271 g/mol. The van der Waals surface area contributed by atoms with Crippen LogP contribution < -0.4 is 0 Å². The molecule has 0 radical (unpaired) electrons. The van der Waals surface area contributed by atoms with Gasteiger partial charge in [-0.1, -0.05) is 17.3 Å². The van der Waals surface area contributed by atoms with E-state index in [1.165, 1.54) is 12.1 Å². The molecular formula is C15H11FN4O. The third-order valence-corrected chi connectivity index (χ3v) is 3.50. The second kappa shape index (κ2) is 4.37. The van der Waals surface area contributed by atoms with Crippen LogP contribution in [-0.2, 0) is 6.54 Å². The second-order valence-electron chi connectivity index (χ2n) is 4.74. The van der Waals surface area contributed by atoms with Crippen LogP contribution in [0.1, 0.15) is 6.92 Å². The summed E-state index contributed by atoms with van der Waals surface area (Å²) in [5.41, 5.74) is 2.63. The molecule has 3 aromatic heterocycles. The minimum Gasteiger partial charge on any atom is -0.355 e. The van der Waals surface area contributed by atoms with Gasteiger partial charge in [0.05, 0.1) is 17.0 Å². The van der Waals surface area contributed by atoms with Crippen LogP contribution in [0.5, 0.6) is 0 Å². The van der Waals surface area contributed by atoms with Gasteiger partial charge in [-0.25, -0.2) is 14.1 Å². The van der Waals surface area contributed by atoms with Gasteiger partial charge in [0.2, 0.25) is 0 Å². The third-order valence-electron chi connectivity index (χ3n) is 3.50. The summed E-state index contributed by atoms with van der Waals surface area (Å²) in [6.07, 6.45) is 3.41. The highest BCUT2D eigenvalue weighted by Gasteiger charge is 2.16. The molecule has 21 heavy (non-hydrogen) atoms. The number of aryl methyl sites for hydroxylation is 1. The number of nitrogens with zero attached hydrogens (tertiary/aromatic N) is 4. The summed E-state index contributed by atoms with van der Waals surface area (Å²) >= 11 is 0. The van der Waals surface area contributed by atoms with E-state index >= 15 is 0 Å². The highest BCUT2D eigenvalue weighted by atomic mass is 19.1. The van der Waals surface area contributed by atoms with Gasteiger partial charge in [0, 0.05) is 18.3 Å². The normalized spacial score (nSPS) is 11.5. The van der Waals surface area contributed by atoms with Crippen LogP contribution in [0.15, 0.2) is 41.2 Å². The van der Waals surface area contributed by atoms with E-state index in [1.54, 1.807) is 29.2 Å². The maximum absolute atomic E-state index is 13.4. The summed E-state index contributed by atoms with van der Waals surface area (Å²) < 4.78 is 20.6. The summed E-state index contributed by atoms with van der Waals surface area (Å²) in [5, 5.41) is 9.90. The van der Waals surface area contributed by atoms with E-state index in [4.69, 9.17) is 4.52 Å². The summed E-state index contributed by atoms with van der Waals surface area (Å²) in [6.45, 7) is 2.73. The first-order valence-corrected chi connectivity index (χ1v) is 6.63. The van der Waals surface area contributed by atoms with E-state index < -0.39 is 0 Å². The number of hydrogen-bond acceptors (Lipinski definition) is 4. The number of rotatable bonds is 2. The number of pyridine rings is 1. The van der Waals surface area contributed by atoms with Gasteiger partial charge in [0.25, 0.3) is 0 Å². The molecule has 6 heteroatoms. The van der Waals surface area contributed by atoms with E-state index in [1.807, 2.05) is 6.92 Å². The first-order chi connectivity index (χ1) is 10.3. The van der Waals surface area contributed by atoms with Crippen LogP contribution in [-0.4, -0.2) is 19.9 Å². The fraction of sp³-hybridized carbons (Fsp3) is 0.133. The van der Waals surface area contributed by atoms with Crippen molar-refractivity contribution in [3.05, 3.63) is 42.5 Å². The number of fused-ring (bicyclic) bond motifs is 3. The van der Waals surface area contributed by atoms with Crippen molar-refractivity contribution < 1.29 is 8.91 Å². The average Bonchev–Trinajstić information content (AvgIpc) is 3.10. The summed E-state index contributed by atoms with van der Waals surface area (Å²) in [6, 6.07) is 6.26. The van der Waals surface area contributed by atoms with Crippen molar-refractivity contribution in [2.75, 3.05) is 0 Å². The first-order valence-electron chi connectivity index (χ1n) is 6.63. The molecule has 0 spiro atoms. The molecule has 104 valence electrons. The first kappa shape index (κ1) is 12.0. The Hall–Kier alpha value is -2.76. The van der Waals surface area contributed by atoms with Crippen molar-refractivity contribution in [2.24, 2.45) is 0 Å². The minimum absolute atomic E-state index is 0.309. The molecule has 0 bridgehead atoms. The van der Waals surface area contributed by atoms with Gasteiger partial charge < -0.3 is 4.52 Å². The third kappa shape index (κ3) is 1.72. The number of aromatic nitrogens is 4. The minimum atomic E-state index is -0.309. The maximum atomic E-state index is 13.4. The maximum Gasteiger partial charge on any atom is 0.181 e. The number of halogens is 1. The standard InChI is InChI=1S/C15H11FN4O/c1-2-20-15-12(8-18-20)14-11(7-17-15)13(19-21-14)9-4-3-5-10(16)6-9/h3-8H,2H2,1H3. The molecule has 0 saturated heterocycles. The fourth-order valence-corrected chi connectivity index (χ4v) is 2.49. The van der Waals surface area contributed by atoms with Crippen LogP contribution in [0, 0.1) is 5.82 Å². The van der Waals surface area contributed by atoms with Crippen molar-refractivity contribution in [3.8, 4) is 11.3 Å². The van der Waals surface area contributed by atoms with Crippen molar-refractivity contribution in [1.82, 2.24) is 19.9 Å². The Morgan fingerprint density at radius 2 is 2.14 bits per heavy atom. The molecule has 0 fully saturated rings. The largest absolute Gasteiger partial charge is 0.355 e. The number of benzene rings is 1. The monoisotopic (exact) mass is 282 g/mol. The Bertz CT molecular complexity index is 957. The molecule has 5 nitrogen and oxygen atoms in total. The van der Waals surface area contributed by atoms with Gasteiger partial charge >= 0.3 is 0 Å². The summed E-state index contributed by atoms with van der Waals surface area (Å²) in [4.78, 5) is 4.43. The number of hydrogen-bond donors (Lipinski definition) is 0. The fourth-order valence-electron chi connectivity index (χ4n) is 2.49. The topological polar surface area (TPSA) is 56.7 Å². The lowest BCUT2D eigenvalue weighted by Crippen LogP contribution is -1.96. The highest BCUT2D eigenvalue weighted by Crippen LogP contribution is 2.31. The molecule has 0 unspecified atom stereocenters. The van der Waals surface area contributed by atoms with Crippen LogP contribution in [0.25, 0.3) is 33.3 Å². The van der Waals surface area contributed by atoms with Crippen LogP contribution in [0.2, 0.25) is 0 Å². The second-order valence-corrected chi connectivity index (χ2v) is 4.74. The van der Waals surface area contributed by atoms with Crippen molar-refractivity contribution >= 4 is 22.0 Å². The Labute approximate surface area is 119 Å².